The average molecular weight is 411 g/mol. The normalized spacial score (nSPS) is 11.0. The molecule has 4 aromatic rings. The maximum Gasteiger partial charge on any atom is 0.252 e. The van der Waals surface area contributed by atoms with E-state index in [9.17, 15) is 4.79 Å². The molecular formula is C20H15BrN2O3. The zero-order valence-corrected chi connectivity index (χ0v) is 15.5. The Morgan fingerprint density at radius 2 is 2.08 bits per heavy atom. The number of hydrogen-bond donors (Lipinski definition) is 1. The molecule has 0 aliphatic carbocycles. The van der Waals surface area contributed by atoms with Crippen LogP contribution in [-0.2, 0) is 6.54 Å². The fourth-order valence-corrected chi connectivity index (χ4v) is 3.12. The van der Waals surface area contributed by atoms with Gasteiger partial charge in [0.2, 0.25) is 0 Å². The maximum atomic E-state index is 12.8. The van der Waals surface area contributed by atoms with E-state index in [1.54, 1.807) is 18.4 Å². The highest BCUT2D eigenvalue weighted by Gasteiger charge is 2.16. The van der Waals surface area contributed by atoms with E-state index in [1.807, 2.05) is 43.3 Å². The Morgan fingerprint density at radius 1 is 1.19 bits per heavy atom. The molecule has 5 nitrogen and oxygen atoms in total. The van der Waals surface area contributed by atoms with E-state index in [1.165, 1.54) is 0 Å². The third-order valence-corrected chi connectivity index (χ3v) is 4.50. The number of furan rings is 2. The van der Waals surface area contributed by atoms with Crippen LogP contribution in [0.1, 0.15) is 21.9 Å². The summed E-state index contributed by atoms with van der Waals surface area (Å²) in [7, 11) is 0. The molecule has 1 N–H and O–H groups in total. The van der Waals surface area contributed by atoms with E-state index in [0.29, 0.717) is 29.3 Å². The summed E-state index contributed by atoms with van der Waals surface area (Å²) >= 11 is 3.46. The summed E-state index contributed by atoms with van der Waals surface area (Å²) in [4.78, 5) is 17.5. The van der Waals surface area contributed by atoms with Crippen molar-refractivity contribution in [2.45, 2.75) is 13.5 Å². The standard InChI is InChI=1S/C20H15BrN2O3/c1-12-4-7-19(26-12)18-10-16(15-9-13(21)5-6-17(15)23-18)20(24)22-11-14-3-2-8-25-14/h2-10H,11H2,1H3,(H,22,24). The molecule has 130 valence electrons. The SMILES string of the molecule is Cc1ccc(-c2cc(C(=O)NCc3ccco3)c3cc(Br)ccc3n2)o1. The van der Waals surface area contributed by atoms with Crippen LogP contribution in [0.2, 0.25) is 0 Å². The van der Waals surface area contributed by atoms with E-state index >= 15 is 0 Å². The monoisotopic (exact) mass is 410 g/mol. The molecule has 1 aromatic carbocycles. The molecule has 4 rings (SSSR count). The van der Waals surface area contributed by atoms with E-state index in [0.717, 1.165) is 21.1 Å². The highest BCUT2D eigenvalue weighted by Crippen LogP contribution is 2.28. The van der Waals surface area contributed by atoms with Gasteiger partial charge in [-0.1, -0.05) is 15.9 Å². The lowest BCUT2D eigenvalue weighted by molar-refractivity contribution is 0.0949. The van der Waals surface area contributed by atoms with Crippen molar-refractivity contribution in [3.8, 4) is 11.5 Å². The number of hydrogen-bond acceptors (Lipinski definition) is 4. The summed E-state index contributed by atoms with van der Waals surface area (Å²) < 4.78 is 11.8. The van der Waals surface area contributed by atoms with Gasteiger partial charge in [0, 0.05) is 9.86 Å². The molecular weight excluding hydrogens is 396 g/mol. The van der Waals surface area contributed by atoms with Gasteiger partial charge in [-0.25, -0.2) is 4.98 Å². The van der Waals surface area contributed by atoms with E-state index in [4.69, 9.17) is 8.83 Å². The van der Waals surface area contributed by atoms with E-state index in [2.05, 4.69) is 26.2 Å². The van der Waals surface area contributed by atoms with Crippen molar-refractivity contribution in [1.82, 2.24) is 10.3 Å². The summed E-state index contributed by atoms with van der Waals surface area (Å²) in [5.74, 6) is 1.92. The molecule has 0 saturated carbocycles. The van der Waals surface area contributed by atoms with Crippen LogP contribution in [0.25, 0.3) is 22.4 Å². The number of carbonyl (C=O) groups excluding carboxylic acids is 1. The fraction of sp³-hybridized carbons (Fsp3) is 0.100. The van der Waals surface area contributed by atoms with Crippen LogP contribution in [0, 0.1) is 6.92 Å². The molecule has 3 heterocycles. The number of amides is 1. The van der Waals surface area contributed by atoms with Crippen molar-refractivity contribution >= 4 is 32.7 Å². The number of pyridine rings is 1. The average Bonchev–Trinajstić information content (AvgIpc) is 3.30. The minimum Gasteiger partial charge on any atom is -0.467 e. The van der Waals surface area contributed by atoms with Gasteiger partial charge in [0.25, 0.3) is 5.91 Å². The van der Waals surface area contributed by atoms with Gasteiger partial charge in [-0.3, -0.25) is 4.79 Å². The van der Waals surface area contributed by atoms with Crippen molar-refractivity contribution in [2.75, 3.05) is 0 Å². The van der Waals surface area contributed by atoms with Gasteiger partial charge < -0.3 is 14.2 Å². The van der Waals surface area contributed by atoms with Crippen LogP contribution < -0.4 is 5.32 Å². The van der Waals surface area contributed by atoms with Crippen LogP contribution in [-0.4, -0.2) is 10.9 Å². The smallest absolute Gasteiger partial charge is 0.252 e. The minimum absolute atomic E-state index is 0.198. The van der Waals surface area contributed by atoms with Gasteiger partial charge in [-0.2, -0.15) is 0 Å². The highest BCUT2D eigenvalue weighted by molar-refractivity contribution is 9.10. The molecule has 0 aliphatic rings. The molecule has 0 fully saturated rings. The Bertz CT molecular complexity index is 1080. The second-order valence-electron chi connectivity index (χ2n) is 5.89. The molecule has 26 heavy (non-hydrogen) atoms. The first-order valence-corrected chi connectivity index (χ1v) is 8.87. The molecule has 0 radical (unpaired) electrons. The number of benzene rings is 1. The summed E-state index contributed by atoms with van der Waals surface area (Å²) in [5.41, 5.74) is 1.88. The summed E-state index contributed by atoms with van der Waals surface area (Å²) in [5, 5.41) is 3.66. The molecule has 0 spiro atoms. The topological polar surface area (TPSA) is 68.3 Å². The number of nitrogens with one attached hydrogen (secondary N) is 1. The third kappa shape index (κ3) is 3.28. The number of fused-ring (bicyclic) bond motifs is 1. The number of aryl methyl sites for hydroxylation is 1. The van der Waals surface area contributed by atoms with Gasteiger partial charge >= 0.3 is 0 Å². The van der Waals surface area contributed by atoms with Crippen molar-refractivity contribution in [3.05, 3.63) is 76.4 Å². The first-order chi connectivity index (χ1) is 12.6. The van der Waals surface area contributed by atoms with Crippen molar-refractivity contribution in [2.24, 2.45) is 0 Å². The number of aromatic nitrogens is 1. The number of halogens is 1. The minimum atomic E-state index is -0.198. The van der Waals surface area contributed by atoms with Crippen LogP contribution in [0.3, 0.4) is 0 Å². The molecule has 1 amide bonds. The zero-order chi connectivity index (χ0) is 18.1. The summed E-state index contributed by atoms with van der Waals surface area (Å²) in [6.45, 7) is 2.19. The zero-order valence-electron chi connectivity index (χ0n) is 14.0. The Labute approximate surface area is 158 Å². The van der Waals surface area contributed by atoms with Crippen LogP contribution in [0.4, 0.5) is 0 Å². The maximum absolute atomic E-state index is 12.8. The van der Waals surface area contributed by atoms with Gasteiger partial charge in [-0.15, -0.1) is 0 Å². The quantitative estimate of drug-likeness (QED) is 0.508. The Morgan fingerprint density at radius 3 is 2.81 bits per heavy atom. The predicted octanol–water partition coefficient (Wildman–Crippen LogP) is 5.09. The molecule has 6 heteroatoms. The molecule has 0 unspecified atom stereocenters. The first-order valence-electron chi connectivity index (χ1n) is 8.08. The highest BCUT2D eigenvalue weighted by atomic mass is 79.9. The Hall–Kier alpha value is -2.86. The lowest BCUT2D eigenvalue weighted by Crippen LogP contribution is -2.23. The van der Waals surface area contributed by atoms with Crippen molar-refractivity contribution < 1.29 is 13.6 Å². The van der Waals surface area contributed by atoms with Gasteiger partial charge in [0.05, 0.1) is 23.9 Å². The number of nitrogens with zero attached hydrogens (tertiary/aromatic N) is 1. The lowest BCUT2D eigenvalue weighted by Gasteiger charge is -2.09. The predicted molar refractivity (Wildman–Crippen MR) is 102 cm³/mol. The Balaban J connectivity index is 1.77. The van der Waals surface area contributed by atoms with E-state index in [-0.39, 0.29) is 5.91 Å². The summed E-state index contributed by atoms with van der Waals surface area (Å²) in [6, 6.07) is 14.8. The molecule has 3 aromatic heterocycles. The van der Waals surface area contributed by atoms with Crippen molar-refractivity contribution in [1.29, 1.82) is 0 Å². The first kappa shape index (κ1) is 16.6. The largest absolute Gasteiger partial charge is 0.467 e. The Kier molecular flexibility index (Phi) is 4.34. The molecule has 0 bridgehead atoms. The van der Waals surface area contributed by atoms with Gasteiger partial charge in [0.15, 0.2) is 5.76 Å². The van der Waals surface area contributed by atoms with Gasteiger partial charge in [-0.05, 0) is 55.5 Å². The van der Waals surface area contributed by atoms with Crippen molar-refractivity contribution in [3.63, 3.8) is 0 Å². The molecule has 0 atom stereocenters. The third-order valence-electron chi connectivity index (χ3n) is 4.01. The second kappa shape index (κ2) is 6.80. The fourth-order valence-electron chi connectivity index (χ4n) is 2.76. The summed E-state index contributed by atoms with van der Waals surface area (Å²) in [6.07, 6.45) is 1.58. The second-order valence-corrected chi connectivity index (χ2v) is 6.80. The number of rotatable bonds is 4. The number of carbonyl (C=O) groups is 1. The lowest BCUT2D eigenvalue weighted by atomic mass is 10.1. The van der Waals surface area contributed by atoms with Crippen LogP contribution >= 0.6 is 15.9 Å². The van der Waals surface area contributed by atoms with E-state index < -0.39 is 0 Å². The van der Waals surface area contributed by atoms with Crippen LogP contribution in [0.5, 0.6) is 0 Å². The van der Waals surface area contributed by atoms with Gasteiger partial charge in [0.1, 0.15) is 17.2 Å². The molecule has 0 saturated heterocycles. The van der Waals surface area contributed by atoms with Crippen LogP contribution in [0.15, 0.2) is 68.1 Å². The molecule has 0 aliphatic heterocycles.